The molecule has 2 atom stereocenters. The van der Waals surface area contributed by atoms with Crippen LogP contribution in [0.25, 0.3) is 0 Å². The van der Waals surface area contributed by atoms with E-state index in [1.165, 1.54) is 0 Å². The Bertz CT molecular complexity index is 370. The van der Waals surface area contributed by atoms with Gasteiger partial charge in [-0.15, -0.1) is 0 Å². The van der Waals surface area contributed by atoms with Crippen LogP contribution >= 0.6 is 15.9 Å². The molecule has 1 fully saturated rings. The van der Waals surface area contributed by atoms with Gasteiger partial charge in [-0.05, 0) is 53.9 Å². The summed E-state index contributed by atoms with van der Waals surface area (Å²) in [4.78, 5) is 0. The lowest BCUT2D eigenvalue weighted by molar-refractivity contribution is 0.0232. The average molecular weight is 285 g/mol. The van der Waals surface area contributed by atoms with Crippen molar-refractivity contribution in [2.24, 2.45) is 0 Å². The summed E-state index contributed by atoms with van der Waals surface area (Å²) in [6.07, 6.45) is 2.46. The summed E-state index contributed by atoms with van der Waals surface area (Å²) >= 11 is 3.52. The lowest BCUT2D eigenvalue weighted by Crippen LogP contribution is -2.32. The number of nitrogens with one attached hydrogen (secondary N) is 1. The fourth-order valence-electron chi connectivity index (χ4n) is 2.00. The predicted octanol–water partition coefficient (Wildman–Crippen LogP) is 3.01. The van der Waals surface area contributed by atoms with Gasteiger partial charge in [0, 0.05) is 28.5 Å². The number of halogens is 1. The molecule has 1 aliphatic heterocycles. The van der Waals surface area contributed by atoms with E-state index in [1.807, 2.05) is 18.2 Å². The zero-order valence-corrected chi connectivity index (χ0v) is 11.0. The molecule has 1 saturated heterocycles. The van der Waals surface area contributed by atoms with E-state index in [2.05, 4.69) is 28.2 Å². The Hall–Kier alpha value is -0.740. The zero-order chi connectivity index (χ0) is 11.5. The van der Waals surface area contributed by atoms with Crippen molar-refractivity contribution in [3.8, 4) is 0 Å². The van der Waals surface area contributed by atoms with Crippen LogP contribution < -0.4 is 11.1 Å². The van der Waals surface area contributed by atoms with Gasteiger partial charge in [0.15, 0.2) is 0 Å². The number of nitrogens with two attached hydrogens (primary N) is 1. The number of rotatable bonds is 2. The minimum atomic E-state index is 0.346. The Morgan fingerprint density at radius 1 is 1.50 bits per heavy atom. The zero-order valence-electron chi connectivity index (χ0n) is 9.37. The second-order valence-electron chi connectivity index (χ2n) is 4.29. The molecule has 88 valence electrons. The second-order valence-corrected chi connectivity index (χ2v) is 5.14. The average Bonchev–Trinajstić information content (AvgIpc) is 2.22. The maximum absolute atomic E-state index is 5.70. The van der Waals surface area contributed by atoms with Crippen LogP contribution in [0.15, 0.2) is 22.7 Å². The maximum Gasteiger partial charge on any atom is 0.0566 e. The summed E-state index contributed by atoms with van der Waals surface area (Å²) in [5.41, 5.74) is 7.59. The summed E-state index contributed by atoms with van der Waals surface area (Å²) in [5, 5.41) is 3.52. The van der Waals surface area contributed by atoms with Crippen molar-refractivity contribution in [2.45, 2.75) is 31.9 Å². The van der Waals surface area contributed by atoms with Crippen LogP contribution in [0.3, 0.4) is 0 Å². The molecule has 4 heteroatoms. The molecular weight excluding hydrogens is 268 g/mol. The Morgan fingerprint density at radius 2 is 2.31 bits per heavy atom. The van der Waals surface area contributed by atoms with Gasteiger partial charge in [0.05, 0.1) is 6.10 Å². The molecule has 2 rings (SSSR count). The van der Waals surface area contributed by atoms with Gasteiger partial charge in [-0.25, -0.2) is 0 Å². The van der Waals surface area contributed by atoms with Crippen LogP contribution in [0.2, 0.25) is 0 Å². The number of nitrogen functional groups attached to an aromatic ring is 1. The van der Waals surface area contributed by atoms with Gasteiger partial charge in [0.2, 0.25) is 0 Å². The summed E-state index contributed by atoms with van der Waals surface area (Å²) < 4.78 is 6.54. The molecule has 2 unspecified atom stereocenters. The summed E-state index contributed by atoms with van der Waals surface area (Å²) in [6.45, 7) is 2.96. The van der Waals surface area contributed by atoms with E-state index in [1.54, 1.807) is 0 Å². The molecule has 3 N–H and O–H groups in total. The fourth-order valence-corrected chi connectivity index (χ4v) is 2.51. The van der Waals surface area contributed by atoms with Crippen LogP contribution in [0.4, 0.5) is 11.4 Å². The van der Waals surface area contributed by atoms with E-state index in [0.717, 1.165) is 35.3 Å². The molecule has 0 aliphatic carbocycles. The van der Waals surface area contributed by atoms with Gasteiger partial charge < -0.3 is 15.8 Å². The van der Waals surface area contributed by atoms with Crippen molar-refractivity contribution in [2.75, 3.05) is 17.7 Å². The van der Waals surface area contributed by atoms with Gasteiger partial charge in [0.1, 0.15) is 0 Å². The summed E-state index contributed by atoms with van der Waals surface area (Å²) in [6, 6.07) is 6.34. The van der Waals surface area contributed by atoms with Crippen LogP contribution in [-0.4, -0.2) is 18.8 Å². The smallest absolute Gasteiger partial charge is 0.0566 e. The topological polar surface area (TPSA) is 47.3 Å². The van der Waals surface area contributed by atoms with E-state index in [4.69, 9.17) is 10.5 Å². The van der Waals surface area contributed by atoms with Gasteiger partial charge >= 0.3 is 0 Å². The molecule has 0 saturated carbocycles. The fraction of sp³-hybridized carbons (Fsp3) is 0.500. The SMILES string of the molecule is CC1CC(Nc2ccc(N)cc2Br)CCO1. The first-order chi connectivity index (χ1) is 7.65. The van der Waals surface area contributed by atoms with E-state index in [9.17, 15) is 0 Å². The lowest BCUT2D eigenvalue weighted by Gasteiger charge is -2.29. The molecule has 0 bridgehead atoms. The molecule has 16 heavy (non-hydrogen) atoms. The quantitative estimate of drug-likeness (QED) is 0.821. The van der Waals surface area contributed by atoms with Gasteiger partial charge in [0.25, 0.3) is 0 Å². The highest BCUT2D eigenvalue weighted by molar-refractivity contribution is 9.10. The monoisotopic (exact) mass is 284 g/mol. The van der Waals surface area contributed by atoms with Crippen molar-refractivity contribution >= 4 is 27.3 Å². The first-order valence-corrected chi connectivity index (χ1v) is 6.37. The van der Waals surface area contributed by atoms with Crippen LogP contribution in [-0.2, 0) is 4.74 Å². The van der Waals surface area contributed by atoms with E-state index in [-0.39, 0.29) is 0 Å². The highest BCUT2D eigenvalue weighted by Gasteiger charge is 2.19. The molecule has 0 radical (unpaired) electrons. The predicted molar refractivity (Wildman–Crippen MR) is 70.6 cm³/mol. The summed E-state index contributed by atoms with van der Waals surface area (Å²) in [5.74, 6) is 0. The van der Waals surface area contributed by atoms with Crippen LogP contribution in [0, 0.1) is 0 Å². The molecular formula is C12H17BrN2O. The van der Waals surface area contributed by atoms with E-state index in [0.29, 0.717) is 12.1 Å². The van der Waals surface area contributed by atoms with Gasteiger partial charge in [-0.1, -0.05) is 0 Å². The maximum atomic E-state index is 5.70. The van der Waals surface area contributed by atoms with Crippen molar-refractivity contribution in [3.63, 3.8) is 0 Å². The molecule has 0 amide bonds. The first-order valence-electron chi connectivity index (χ1n) is 5.58. The second kappa shape index (κ2) is 5.06. The number of anilines is 2. The molecule has 1 aliphatic rings. The van der Waals surface area contributed by atoms with Crippen molar-refractivity contribution in [1.29, 1.82) is 0 Å². The Morgan fingerprint density at radius 3 is 3.00 bits per heavy atom. The molecule has 3 nitrogen and oxygen atoms in total. The Balaban J connectivity index is 2.02. The molecule has 0 spiro atoms. The third-order valence-electron chi connectivity index (χ3n) is 2.84. The highest BCUT2D eigenvalue weighted by atomic mass is 79.9. The number of benzene rings is 1. The third kappa shape index (κ3) is 2.89. The van der Waals surface area contributed by atoms with Crippen LogP contribution in [0.5, 0.6) is 0 Å². The van der Waals surface area contributed by atoms with E-state index < -0.39 is 0 Å². The largest absolute Gasteiger partial charge is 0.399 e. The Labute approximate surface area is 104 Å². The number of hydrogen-bond acceptors (Lipinski definition) is 3. The Kier molecular flexibility index (Phi) is 3.71. The normalized spacial score (nSPS) is 25.4. The highest BCUT2D eigenvalue weighted by Crippen LogP contribution is 2.27. The standard InChI is InChI=1S/C12H17BrN2O/c1-8-6-10(4-5-16-8)15-12-3-2-9(14)7-11(12)13/h2-3,7-8,10,15H,4-6,14H2,1H3. The third-order valence-corrected chi connectivity index (χ3v) is 3.49. The summed E-state index contributed by atoms with van der Waals surface area (Å²) in [7, 11) is 0. The van der Waals surface area contributed by atoms with Crippen LogP contribution in [0.1, 0.15) is 19.8 Å². The van der Waals surface area contributed by atoms with E-state index >= 15 is 0 Å². The van der Waals surface area contributed by atoms with Crippen molar-refractivity contribution < 1.29 is 4.74 Å². The number of hydrogen-bond donors (Lipinski definition) is 2. The molecule has 1 aromatic rings. The minimum absolute atomic E-state index is 0.346. The molecule has 1 heterocycles. The molecule has 1 aromatic carbocycles. The minimum Gasteiger partial charge on any atom is -0.399 e. The molecule has 0 aromatic heterocycles. The lowest BCUT2D eigenvalue weighted by atomic mass is 10.0. The van der Waals surface area contributed by atoms with Crippen molar-refractivity contribution in [1.82, 2.24) is 0 Å². The first kappa shape index (κ1) is 11.7. The van der Waals surface area contributed by atoms with Crippen molar-refractivity contribution in [3.05, 3.63) is 22.7 Å². The number of ether oxygens (including phenoxy) is 1. The van der Waals surface area contributed by atoms with Gasteiger partial charge in [-0.2, -0.15) is 0 Å². The van der Waals surface area contributed by atoms with Gasteiger partial charge in [-0.3, -0.25) is 0 Å².